The highest BCUT2D eigenvalue weighted by atomic mass is 15.0. The molecule has 1 rings (SSSR count). The summed E-state index contributed by atoms with van der Waals surface area (Å²) in [7, 11) is 0. The van der Waals surface area contributed by atoms with Crippen molar-refractivity contribution in [3.05, 3.63) is 17.1 Å². The first kappa shape index (κ1) is 13.9. The minimum Gasteiger partial charge on any atom is -0.370 e. The smallest absolute Gasteiger partial charge is 0.133 e. The van der Waals surface area contributed by atoms with Crippen molar-refractivity contribution in [1.82, 2.24) is 9.97 Å². The van der Waals surface area contributed by atoms with Crippen LogP contribution in [0.5, 0.6) is 0 Å². The van der Waals surface area contributed by atoms with Gasteiger partial charge in [-0.3, -0.25) is 0 Å². The molecule has 1 N–H and O–H groups in total. The third-order valence-electron chi connectivity index (χ3n) is 2.86. The molecule has 0 aromatic carbocycles. The molecule has 0 spiro atoms. The van der Waals surface area contributed by atoms with Crippen molar-refractivity contribution in [3.63, 3.8) is 0 Å². The van der Waals surface area contributed by atoms with Gasteiger partial charge in [0, 0.05) is 24.2 Å². The van der Waals surface area contributed by atoms with E-state index in [0.717, 1.165) is 36.7 Å². The molecule has 96 valence electrons. The average molecular weight is 235 g/mol. The van der Waals surface area contributed by atoms with Gasteiger partial charge in [0.1, 0.15) is 11.6 Å². The molecule has 0 saturated carbocycles. The molecule has 0 saturated heterocycles. The molecule has 0 bridgehead atoms. The second-order valence-corrected chi connectivity index (χ2v) is 4.78. The van der Waals surface area contributed by atoms with E-state index in [-0.39, 0.29) is 0 Å². The lowest BCUT2D eigenvalue weighted by Crippen LogP contribution is -2.11. The Kier molecular flexibility index (Phi) is 5.39. The summed E-state index contributed by atoms with van der Waals surface area (Å²) in [4.78, 5) is 9.28. The summed E-state index contributed by atoms with van der Waals surface area (Å²) < 4.78 is 0. The number of unbranched alkanes of at least 4 members (excludes halogenated alkanes) is 1. The number of anilines is 1. The van der Waals surface area contributed by atoms with Crippen molar-refractivity contribution in [1.29, 1.82) is 0 Å². The van der Waals surface area contributed by atoms with Gasteiger partial charge in [0.05, 0.1) is 0 Å². The van der Waals surface area contributed by atoms with Crippen LogP contribution in [0.4, 0.5) is 5.82 Å². The molecule has 3 nitrogen and oxygen atoms in total. The molecule has 0 radical (unpaired) electrons. The lowest BCUT2D eigenvalue weighted by molar-refractivity contribution is 0.735. The number of aromatic nitrogens is 2. The van der Waals surface area contributed by atoms with Crippen molar-refractivity contribution in [2.75, 3.05) is 11.9 Å². The zero-order valence-electron chi connectivity index (χ0n) is 11.8. The number of hydrogen-bond acceptors (Lipinski definition) is 3. The normalized spacial score (nSPS) is 10.9. The van der Waals surface area contributed by atoms with E-state index >= 15 is 0 Å². The molecule has 1 heterocycles. The molecular formula is C14H25N3. The molecule has 0 aliphatic rings. The van der Waals surface area contributed by atoms with E-state index in [1.54, 1.807) is 0 Å². The Morgan fingerprint density at radius 2 is 1.88 bits per heavy atom. The molecule has 17 heavy (non-hydrogen) atoms. The third kappa shape index (κ3) is 3.69. The Balaban J connectivity index is 3.06. The summed E-state index contributed by atoms with van der Waals surface area (Å²) >= 11 is 0. The minimum atomic E-state index is 0.462. The summed E-state index contributed by atoms with van der Waals surface area (Å²) in [6.07, 6.45) is 3.32. The Morgan fingerprint density at radius 3 is 2.41 bits per heavy atom. The minimum absolute atomic E-state index is 0.462. The van der Waals surface area contributed by atoms with E-state index in [0.29, 0.717) is 5.92 Å². The number of nitrogens with zero attached hydrogens (tertiary/aromatic N) is 2. The van der Waals surface area contributed by atoms with E-state index in [1.165, 1.54) is 12.0 Å². The standard InChI is InChI=1S/C14H25N3/c1-6-8-9-12-16-11(5)13(10(3)4)14(17-12)15-7-2/h10H,6-9H2,1-5H3,(H,15,16,17). The highest BCUT2D eigenvalue weighted by Crippen LogP contribution is 2.25. The van der Waals surface area contributed by atoms with E-state index in [4.69, 9.17) is 0 Å². The Morgan fingerprint density at radius 1 is 1.18 bits per heavy atom. The maximum atomic E-state index is 4.66. The van der Waals surface area contributed by atoms with Crippen molar-refractivity contribution in [2.45, 2.75) is 59.8 Å². The number of nitrogens with one attached hydrogen (secondary N) is 1. The fourth-order valence-electron chi connectivity index (χ4n) is 2.08. The van der Waals surface area contributed by atoms with Crippen LogP contribution in [0.15, 0.2) is 0 Å². The highest BCUT2D eigenvalue weighted by molar-refractivity contribution is 5.48. The zero-order chi connectivity index (χ0) is 12.8. The van der Waals surface area contributed by atoms with Crippen LogP contribution in [-0.2, 0) is 6.42 Å². The molecule has 3 heteroatoms. The van der Waals surface area contributed by atoms with Gasteiger partial charge < -0.3 is 5.32 Å². The Hall–Kier alpha value is -1.12. The molecule has 0 unspecified atom stereocenters. The average Bonchev–Trinajstić information content (AvgIpc) is 2.25. The summed E-state index contributed by atoms with van der Waals surface area (Å²) in [5.74, 6) is 2.47. The highest BCUT2D eigenvalue weighted by Gasteiger charge is 2.13. The van der Waals surface area contributed by atoms with Crippen LogP contribution in [0.1, 0.15) is 63.5 Å². The van der Waals surface area contributed by atoms with Crippen LogP contribution in [0, 0.1) is 6.92 Å². The van der Waals surface area contributed by atoms with Gasteiger partial charge >= 0.3 is 0 Å². The maximum absolute atomic E-state index is 4.66. The van der Waals surface area contributed by atoms with Gasteiger partial charge in [-0.05, 0) is 26.2 Å². The topological polar surface area (TPSA) is 37.8 Å². The summed E-state index contributed by atoms with van der Waals surface area (Å²) in [5.41, 5.74) is 2.38. The summed E-state index contributed by atoms with van der Waals surface area (Å²) in [6, 6.07) is 0. The molecule has 0 amide bonds. The van der Waals surface area contributed by atoms with Gasteiger partial charge in [-0.2, -0.15) is 0 Å². The monoisotopic (exact) mass is 235 g/mol. The van der Waals surface area contributed by atoms with Crippen LogP contribution in [0.25, 0.3) is 0 Å². The number of hydrogen-bond donors (Lipinski definition) is 1. The quantitative estimate of drug-likeness (QED) is 0.817. The van der Waals surface area contributed by atoms with Gasteiger partial charge in [0.15, 0.2) is 0 Å². The van der Waals surface area contributed by atoms with Gasteiger partial charge in [0.2, 0.25) is 0 Å². The molecule has 0 fully saturated rings. The predicted molar refractivity (Wildman–Crippen MR) is 73.6 cm³/mol. The summed E-state index contributed by atoms with van der Waals surface area (Å²) in [6.45, 7) is 11.7. The zero-order valence-corrected chi connectivity index (χ0v) is 11.8. The first-order valence-electron chi connectivity index (χ1n) is 6.71. The largest absolute Gasteiger partial charge is 0.370 e. The first-order chi connectivity index (χ1) is 8.10. The maximum Gasteiger partial charge on any atom is 0.133 e. The Labute approximate surface area is 105 Å². The first-order valence-corrected chi connectivity index (χ1v) is 6.71. The summed E-state index contributed by atoms with van der Waals surface area (Å²) in [5, 5.41) is 3.36. The van der Waals surface area contributed by atoms with E-state index < -0.39 is 0 Å². The van der Waals surface area contributed by atoms with Crippen molar-refractivity contribution in [3.8, 4) is 0 Å². The third-order valence-corrected chi connectivity index (χ3v) is 2.86. The van der Waals surface area contributed by atoms with Crippen LogP contribution >= 0.6 is 0 Å². The van der Waals surface area contributed by atoms with Gasteiger partial charge in [-0.1, -0.05) is 27.2 Å². The van der Waals surface area contributed by atoms with Crippen LogP contribution in [0.2, 0.25) is 0 Å². The van der Waals surface area contributed by atoms with E-state index in [2.05, 4.69) is 49.9 Å². The molecule has 1 aromatic rings. The second kappa shape index (κ2) is 6.58. The molecule has 0 aliphatic heterocycles. The molecule has 0 aliphatic carbocycles. The van der Waals surface area contributed by atoms with Crippen molar-refractivity contribution >= 4 is 5.82 Å². The van der Waals surface area contributed by atoms with Crippen LogP contribution in [-0.4, -0.2) is 16.5 Å². The second-order valence-electron chi connectivity index (χ2n) is 4.78. The fraction of sp³-hybridized carbons (Fsp3) is 0.714. The number of rotatable bonds is 6. The Bertz CT molecular complexity index is 359. The van der Waals surface area contributed by atoms with Gasteiger partial charge in [-0.25, -0.2) is 9.97 Å². The SMILES string of the molecule is CCCCc1nc(C)c(C(C)C)c(NCC)n1. The van der Waals surface area contributed by atoms with Gasteiger partial charge in [0.25, 0.3) is 0 Å². The van der Waals surface area contributed by atoms with Crippen molar-refractivity contribution < 1.29 is 0 Å². The molecule has 1 aromatic heterocycles. The van der Waals surface area contributed by atoms with Crippen molar-refractivity contribution in [2.24, 2.45) is 0 Å². The number of aryl methyl sites for hydroxylation is 2. The van der Waals surface area contributed by atoms with E-state index in [1.807, 2.05) is 0 Å². The van der Waals surface area contributed by atoms with Gasteiger partial charge in [-0.15, -0.1) is 0 Å². The lowest BCUT2D eigenvalue weighted by atomic mass is 10.0. The molecule has 0 atom stereocenters. The van der Waals surface area contributed by atoms with E-state index in [9.17, 15) is 0 Å². The van der Waals surface area contributed by atoms with Crippen LogP contribution < -0.4 is 5.32 Å². The van der Waals surface area contributed by atoms with Crippen LogP contribution in [0.3, 0.4) is 0 Å². The predicted octanol–water partition coefficient (Wildman–Crippen LogP) is 3.68. The lowest BCUT2D eigenvalue weighted by Gasteiger charge is -2.16. The fourth-order valence-corrected chi connectivity index (χ4v) is 2.08. The molecular weight excluding hydrogens is 210 g/mol.